The number of benzene rings is 1. The normalized spacial score (nSPS) is 10.4. The molecule has 0 radical (unpaired) electrons. The summed E-state index contributed by atoms with van der Waals surface area (Å²) in [6.45, 7) is 1.51. The maximum absolute atomic E-state index is 11.4. The highest BCUT2D eigenvalue weighted by Crippen LogP contribution is 2.43. The second-order valence-electron chi connectivity index (χ2n) is 3.85. The van der Waals surface area contributed by atoms with Crippen LogP contribution in [0.3, 0.4) is 0 Å². The lowest BCUT2D eigenvalue weighted by molar-refractivity contribution is 0.101. The van der Waals surface area contributed by atoms with Crippen LogP contribution in [0.2, 0.25) is 0 Å². The van der Waals surface area contributed by atoms with E-state index in [4.69, 9.17) is 14.2 Å². The first kappa shape index (κ1) is 12.3. The van der Waals surface area contributed by atoms with Crippen molar-refractivity contribution in [2.24, 2.45) is 0 Å². The van der Waals surface area contributed by atoms with Crippen molar-refractivity contribution in [3.8, 4) is 17.2 Å². The number of hydrogen-bond acceptors (Lipinski definition) is 4. The minimum absolute atomic E-state index is 0.0359. The Morgan fingerprint density at radius 2 is 1.72 bits per heavy atom. The van der Waals surface area contributed by atoms with Crippen LogP contribution in [-0.2, 0) is 0 Å². The molecule has 1 aromatic heterocycles. The predicted molar refractivity (Wildman–Crippen MR) is 68.0 cm³/mol. The zero-order valence-electron chi connectivity index (χ0n) is 10.8. The summed E-state index contributed by atoms with van der Waals surface area (Å²) in [7, 11) is 4.65. The molecule has 0 spiro atoms. The molecule has 0 amide bonds. The zero-order valence-corrected chi connectivity index (χ0v) is 10.8. The largest absolute Gasteiger partial charge is 0.493 e. The molecule has 1 N–H and O–H groups in total. The number of aromatic amines is 1. The third kappa shape index (κ3) is 1.77. The van der Waals surface area contributed by atoms with Crippen LogP contribution >= 0.6 is 0 Å². The van der Waals surface area contributed by atoms with Gasteiger partial charge in [-0.15, -0.1) is 0 Å². The number of aromatic nitrogens is 1. The molecule has 0 saturated heterocycles. The van der Waals surface area contributed by atoms with Crippen LogP contribution < -0.4 is 14.2 Å². The molecule has 1 aromatic carbocycles. The minimum Gasteiger partial charge on any atom is -0.493 e. The summed E-state index contributed by atoms with van der Waals surface area (Å²) in [5, 5.41) is 0.842. The molecule has 1 heterocycles. The van der Waals surface area contributed by atoms with E-state index in [1.165, 1.54) is 6.92 Å². The van der Waals surface area contributed by atoms with Crippen molar-refractivity contribution in [1.82, 2.24) is 4.98 Å². The number of carbonyl (C=O) groups excluding carboxylic acids is 1. The van der Waals surface area contributed by atoms with Gasteiger partial charge in [-0.3, -0.25) is 4.79 Å². The molecule has 2 rings (SSSR count). The van der Waals surface area contributed by atoms with Crippen molar-refractivity contribution in [3.05, 3.63) is 17.8 Å². The summed E-state index contributed by atoms with van der Waals surface area (Å²) >= 11 is 0. The zero-order chi connectivity index (χ0) is 13.3. The van der Waals surface area contributed by atoms with Crippen LogP contribution in [0.4, 0.5) is 0 Å². The maximum atomic E-state index is 11.4. The number of Topliss-reactive ketones (excluding diaryl/α,β-unsaturated/α-hetero) is 1. The van der Waals surface area contributed by atoms with Crippen molar-refractivity contribution in [2.45, 2.75) is 6.92 Å². The third-order valence-corrected chi connectivity index (χ3v) is 2.80. The first-order valence-electron chi connectivity index (χ1n) is 5.45. The molecule has 0 aliphatic carbocycles. The number of rotatable bonds is 4. The highest BCUT2D eigenvalue weighted by Gasteiger charge is 2.18. The van der Waals surface area contributed by atoms with E-state index in [-0.39, 0.29) is 5.78 Å². The molecule has 5 heteroatoms. The summed E-state index contributed by atoms with van der Waals surface area (Å²) in [4.78, 5) is 14.4. The number of carbonyl (C=O) groups is 1. The van der Waals surface area contributed by atoms with Gasteiger partial charge in [0.1, 0.15) is 0 Å². The highest BCUT2D eigenvalue weighted by molar-refractivity contribution is 6.00. The molecule has 0 aliphatic rings. The standard InChI is InChI=1S/C13H15NO4/c1-7(15)9-5-8-6-10(16-2)12(17-3)13(18-4)11(8)14-9/h5-6,14H,1-4H3. The van der Waals surface area contributed by atoms with Gasteiger partial charge in [0, 0.05) is 12.3 Å². The van der Waals surface area contributed by atoms with E-state index in [1.807, 2.05) is 0 Å². The van der Waals surface area contributed by atoms with E-state index < -0.39 is 0 Å². The second kappa shape index (κ2) is 4.60. The maximum Gasteiger partial charge on any atom is 0.205 e. The average molecular weight is 249 g/mol. The van der Waals surface area contributed by atoms with Crippen LogP contribution in [0.1, 0.15) is 17.4 Å². The molecular formula is C13H15NO4. The second-order valence-corrected chi connectivity index (χ2v) is 3.85. The molecule has 0 aliphatic heterocycles. The van der Waals surface area contributed by atoms with Crippen LogP contribution in [0, 0.1) is 0 Å². The van der Waals surface area contributed by atoms with E-state index in [9.17, 15) is 4.79 Å². The summed E-state index contributed by atoms with van der Waals surface area (Å²) in [6.07, 6.45) is 0. The smallest absolute Gasteiger partial charge is 0.205 e. The number of nitrogens with one attached hydrogen (secondary N) is 1. The van der Waals surface area contributed by atoms with Crippen molar-refractivity contribution < 1.29 is 19.0 Å². The number of H-pyrrole nitrogens is 1. The van der Waals surface area contributed by atoms with E-state index in [0.29, 0.717) is 22.9 Å². The van der Waals surface area contributed by atoms with Crippen molar-refractivity contribution >= 4 is 16.7 Å². The molecule has 18 heavy (non-hydrogen) atoms. The molecule has 2 aromatic rings. The summed E-state index contributed by atoms with van der Waals surface area (Å²) in [5.74, 6) is 1.56. The van der Waals surface area contributed by atoms with Gasteiger partial charge in [0.15, 0.2) is 17.3 Å². The van der Waals surface area contributed by atoms with Gasteiger partial charge in [0.05, 0.1) is 32.5 Å². The van der Waals surface area contributed by atoms with Gasteiger partial charge in [-0.05, 0) is 12.1 Å². The average Bonchev–Trinajstić information content (AvgIpc) is 2.79. The number of ketones is 1. The van der Waals surface area contributed by atoms with E-state index in [1.54, 1.807) is 33.5 Å². The first-order valence-corrected chi connectivity index (χ1v) is 5.45. The summed E-state index contributed by atoms with van der Waals surface area (Å²) in [6, 6.07) is 3.57. The number of ether oxygens (including phenoxy) is 3. The molecule has 5 nitrogen and oxygen atoms in total. The van der Waals surface area contributed by atoms with Gasteiger partial charge in [-0.1, -0.05) is 0 Å². The third-order valence-electron chi connectivity index (χ3n) is 2.80. The molecular weight excluding hydrogens is 234 g/mol. The fourth-order valence-electron chi connectivity index (χ4n) is 1.93. The van der Waals surface area contributed by atoms with Crippen molar-refractivity contribution in [3.63, 3.8) is 0 Å². The van der Waals surface area contributed by atoms with Gasteiger partial charge in [-0.25, -0.2) is 0 Å². The monoisotopic (exact) mass is 249 g/mol. The van der Waals surface area contributed by atoms with Crippen LogP contribution in [-0.4, -0.2) is 32.1 Å². The quantitative estimate of drug-likeness (QED) is 0.845. The fraction of sp³-hybridized carbons (Fsp3) is 0.308. The SMILES string of the molecule is COc1cc2cc(C(C)=O)[nH]c2c(OC)c1OC. The summed E-state index contributed by atoms with van der Waals surface area (Å²) in [5.41, 5.74) is 1.25. The molecule has 0 bridgehead atoms. The Morgan fingerprint density at radius 3 is 2.22 bits per heavy atom. The van der Waals surface area contributed by atoms with Gasteiger partial charge < -0.3 is 19.2 Å². The van der Waals surface area contributed by atoms with Crippen molar-refractivity contribution in [2.75, 3.05) is 21.3 Å². The summed E-state index contributed by atoms with van der Waals surface area (Å²) < 4.78 is 15.9. The Bertz CT molecular complexity index is 601. The lowest BCUT2D eigenvalue weighted by Crippen LogP contribution is -1.95. The fourth-order valence-corrected chi connectivity index (χ4v) is 1.93. The Kier molecular flexibility index (Phi) is 3.14. The lowest BCUT2D eigenvalue weighted by Gasteiger charge is -2.12. The van der Waals surface area contributed by atoms with Crippen molar-refractivity contribution in [1.29, 1.82) is 0 Å². The Balaban J connectivity index is 2.79. The molecule has 0 unspecified atom stereocenters. The Morgan fingerprint density at radius 1 is 1.06 bits per heavy atom. The van der Waals surface area contributed by atoms with Gasteiger partial charge in [0.25, 0.3) is 0 Å². The lowest BCUT2D eigenvalue weighted by atomic mass is 10.2. The molecule has 0 fully saturated rings. The van der Waals surface area contributed by atoms with E-state index in [2.05, 4.69) is 4.98 Å². The minimum atomic E-state index is -0.0359. The van der Waals surface area contributed by atoms with Crippen LogP contribution in [0.25, 0.3) is 10.9 Å². The van der Waals surface area contributed by atoms with Gasteiger partial charge in [-0.2, -0.15) is 0 Å². The Labute approximate surface area is 105 Å². The van der Waals surface area contributed by atoms with Crippen LogP contribution in [0.5, 0.6) is 17.2 Å². The molecule has 0 saturated carbocycles. The predicted octanol–water partition coefficient (Wildman–Crippen LogP) is 2.40. The molecule has 96 valence electrons. The molecule has 0 atom stereocenters. The number of hydrogen-bond donors (Lipinski definition) is 1. The van der Waals surface area contributed by atoms with Gasteiger partial charge >= 0.3 is 0 Å². The highest BCUT2D eigenvalue weighted by atomic mass is 16.5. The van der Waals surface area contributed by atoms with Crippen LogP contribution in [0.15, 0.2) is 12.1 Å². The van der Waals surface area contributed by atoms with Gasteiger partial charge in [0.2, 0.25) is 5.75 Å². The topological polar surface area (TPSA) is 60.6 Å². The Hall–Kier alpha value is -2.17. The van der Waals surface area contributed by atoms with E-state index >= 15 is 0 Å². The van der Waals surface area contributed by atoms with E-state index in [0.717, 1.165) is 10.9 Å². The number of fused-ring (bicyclic) bond motifs is 1. The first-order chi connectivity index (χ1) is 8.62. The number of methoxy groups -OCH3 is 3.